The van der Waals surface area contributed by atoms with Gasteiger partial charge in [0.2, 0.25) is 0 Å². The lowest BCUT2D eigenvalue weighted by Gasteiger charge is -2.19. The van der Waals surface area contributed by atoms with Gasteiger partial charge >= 0.3 is 12.1 Å². The summed E-state index contributed by atoms with van der Waals surface area (Å²) in [5.41, 5.74) is 3.58. The monoisotopic (exact) mass is 369 g/mol. The maximum Gasteiger partial charge on any atom is 0.416 e. The second kappa shape index (κ2) is 6.26. The number of benzene rings is 1. The van der Waals surface area contributed by atoms with Crippen molar-refractivity contribution in [3.05, 3.63) is 58.4 Å². The van der Waals surface area contributed by atoms with E-state index < -0.39 is 24.3 Å². The van der Waals surface area contributed by atoms with Crippen LogP contribution in [0.15, 0.2) is 47.2 Å². The van der Waals surface area contributed by atoms with Crippen LogP contribution in [0.5, 0.6) is 0 Å². The zero-order chi connectivity index (χ0) is 19.3. The molecule has 7 nitrogen and oxygen atoms in total. The highest BCUT2D eigenvalue weighted by atomic mass is 16.7. The summed E-state index contributed by atoms with van der Waals surface area (Å²) in [6.07, 6.45) is 0.339. The van der Waals surface area contributed by atoms with Crippen LogP contribution in [0.25, 0.3) is 0 Å². The van der Waals surface area contributed by atoms with Crippen LogP contribution in [-0.2, 0) is 30.2 Å². The quantitative estimate of drug-likeness (QED) is 0.452. The molecule has 3 aliphatic rings. The van der Waals surface area contributed by atoms with Crippen molar-refractivity contribution in [3.63, 3.8) is 0 Å². The first-order valence-electron chi connectivity index (χ1n) is 8.67. The van der Waals surface area contributed by atoms with E-state index in [1.54, 1.807) is 13.8 Å². The van der Waals surface area contributed by atoms with E-state index in [-0.39, 0.29) is 12.0 Å². The lowest BCUT2D eigenvalue weighted by atomic mass is 9.94. The van der Waals surface area contributed by atoms with E-state index in [9.17, 15) is 14.4 Å². The molecule has 3 unspecified atom stereocenters. The number of carbonyl (C=O) groups excluding carboxylic acids is 3. The summed E-state index contributed by atoms with van der Waals surface area (Å²) in [5, 5.41) is 0. The van der Waals surface area contributed by atoms with Gasteiger partial charge in [-0.15, -0.1) is 0 Å². The van der Waals surface area contributed by atoms with Gasteiger partial charge < -0.3 is 14.2 Å². The number of esters is 1. The Bertz CT molecular complexity index is 915. The van der Waals surface area contributed by atoms with Crippen molar-refractivity contribution in [1.29, 1.82) is 0 Å². The molecule has 1 aliphatic carbocycles. The van der Waals surface area contributed by atoms with Crippen molar-refractivity contribution in [1.82, 2.24) is 4.90 Å². The van der Waals surface area contributed by atoms with Crippen LogP contribution in [-0.4, -0.2) is 42.3 Å². The second-order valence-corrected chi connectivity index (χ2v) is 6.85. The number of hydrogen-bond donors (Lipinski definition) is 0. The highest BCUT2D eigenvalue weighted by Crippen LogP contribution is 2.47. The molecular weight excluding hydrogens is 350 g/mol. The minimum atomic E-state index is -0.861. The number of methoxy groups -OCH3 is 1. The molecule has 1 aromatic carbocycles. The van der Waals surface area contributed by atoms with E-state index in [1.807, 2.05) is 24.3 Å². The van der Waals surface area contributed by atoms with Gasteiger partial charge in [0.25, 0.3) is 12.2 Å². The van der Waals surface area contributed by atoms with E-state index in [1.165, 1.54) is 13.4 Å². The van der Waals surface area contributed by atoms with E-state index in [4.69, 9.17) is 14.2 Å². The summed E-state index contributed by atoms with van der Waals surface area (Å²) in [4.78, 5) is 37.9. The van der Waals surface area contributed by atoms with Crippen LogP contribution < -0.4 is 0 Å². The summed E-state index contributed by atoms with van der Waals surface area (Å²) in [6, 6.07) is 7.42. The van der Waals surface area contributed by atoms with Crippen LogP contribution in [0, 0.1) is 0 Å². The highest BCUT2D eigenvalue weighted by Gasteiger charge is 2.52. The first-order chi connectivity index (χ1) is 12.9. The summed E-state index contributed by atoms with van der Waals surface area (Å²) in [7, 11) is 1.25. The Kier molecular flexibility index (Phi) is 4.02. The number of imide groups is 1. The van der Waals surface area contributed by atoms with Gasteiger partial charge in [-0.1, -0.05) is 24.3 Å². The predicted octanol–water partition coefficient (Wildman–Crippen LogP) is 2.42. The van der Waals surface area contributed by atoms with Crippen molar-refractivity contribution in [2.24, 2.45) is 0 Å². The van der Waals surface area contributed by atoms with Gasteiger partial charge in [-0.3, -0.25) is 4.79 Å². The summed E-state index contributed by atoms with van der Waals surface area (Å²) >= 11 is 0. The molecule has 0 saturated carbocycles. The standard InChI is InChI=1S/C20H19NO6/c1-10-11(2)19(27-18(10)23)26-9-14-16-13-7-5-4-6-12(13)8-15(16)21(17(14)22)20(24)25-3/h4-7,9,15-16,19H,8H2,1-3H3/b14-9+. The Morgan fingerprint density at radius 1 is 1.26 bits per heavy atom. The molecule has 2 heterocycles. The van der Waals surface area contributed by atoms with Gasteiger partial charge in [-0.2, -0.15) is 0 Å². The van der Waals surface area contributed by atoms with Gasteiger partial charge in [0.15, 0.2) is 0 Å². The largest absolute Gasteiger partial charge is 0.458 e. The number of likely N-dealkylation sites (tertiary alicyclic amines) is 1. The minimum absolute atomic E-state index is 0.296. The first-order valence-corrected chi connectivity index (χ1v) is 8.67. The number of fused-ring (bicyclic) bond motifs is 3. The molecule has 2 aliphatic heterocycles. The van der Waals surface area contributed by atoms with E-state index >= 15 is 0 Å². The van der Waals surface area contributed by atoms with E-state index in [0.29, 0.717) is 23.1 Å². The maximum atomic E-state index is 12.9. The Balaban J connectivity index is 1.70. The third-order valence-corrected chi connectivity index (χ3v) is 5.49. The van der Waals surface area contributed by atoms with Crippen LogP contribution in [0.4, 0.5) is 4.79 Å². The third kappa shape index (κ3) is 2.53. The van der Waals surface area contributed by atoms with Crippen LogP contribution in [0.3, 0.4) is 0 Å². The van der Waals surface area contributed by atoms with E-state index in [0.717, 1.165) is 16.0 Å². The summed E-state index contributed by atoms with van der Waals surface area (Å²) in [6.45, 7) is 3.41. The van der Waals surface area contributed by atoms with Gasteiger partial charge in [0, 0.05) is 17.1 Å². The van der Waals surface area contributed by atoms with Gasteiger partial charge in [-0.25, -0.2) is 14.5 Å². The number of ether oxygens (including phenoxy) is 3. The zero-order valence-corrected chi connectivity index (χ0v) is 15.2. The molecule has 7 heteroatoms. The molecule has 0 bridgehead atoms. The number of nitrogens with zero attached hydrogens (tertiary/aromatic N) is 1. The van der Waals surface area contributed by atoms with Gasteiger partial charge in [-0.05, 0) is 31.4 Å². The topological polar surface area (TPSA) is 82.1 Å². The molecule has 0 spiro atoms. The average Bonchev–Trinajstić information content (AvgIpc) is 3.24. The van der Waals surface area contributed by atoms with Crippen molar-refractivity contribution < 1.29 is 28.6 Å². The fourth-order valence-corrected chi connectivity index (χ4v) is 3.93. The summed E-state index contributed by atoms with van der Waals surface area (Å²) < 4.78 is 15.6. The van der Waals surface area contributed by atoms with Crippen molar-refractivity contribution in [2.45, 2.75) is 38.5 Å². The Labute approximate surface area is 156 Å². The molecule has 140 valence electrons. The van der Waals surface area contributed by atoms with Crippen molar-refractivity contribution in [2.75, 3.05) is 7.11 Å². The fraction of sp³-hybridized carbons (Fsp3) is 0.350. The minimum Gasteiger partial charge on any atom is -0.458 e. The predicted molar refractivity (Wildman–Crippen MR) is 93.3 cm³/mol. The molecule has 0 radical (unpaired) electrons. The number of hydrogen-bond acceptors (Lipinski definition) is 6. The molecule has 27 heavy (non-hydrogen) atoms. The Hall–Kier alpha value is -3.09. The third-order valence-electron chi connectivity index (χ3n) is 5.49. The first kappa shape index (κ1) is 17.3. The summed E-state index contributed by atoms with van der Waals surface area (Å²) in [5.74, 6) is -1.18. The number of amides is 2. The normalized spacial score (nSPS) is 27.7. The number of rotatable bonds is 2. The fourth-order valence-electron chi connectivity index (χ4n) is 3.93. The lowest BCUT2D eigenvalue weighted by molar-refractivity contribution is -0.153. The number of cyclic esters (lactones) is 1. The van der Waals surface area contributed by atoms with E-state index in [2.05, 4.69) is 0 Å². The molecule has 2 amide bonds. The smallest absolute Gasteiger partial charge is 0.416 e. The maximum absolute atomic E-state index is 12.9. The van der Waals surface area contributed by atoms with Crippen LogP contribution in [0.1, 0.15) is 30.9 Å². The Morgan fingerprint density at radius 2 is 2.00 bits per heavy atom. The molecule has 1 fully saturated rings. The molecular formula is C20H19NO6. The lowest BCUT2D eigenvalue weighted by Crippen LogP contribution is -2.39. The molecule has 0 N–H and O–H groups in total. The molecule has 1 saturated heterocycles. The highest BCUT2D eigenvalue weighted by molar-refractivity contribution is 6.07. The van der Waals surface area contributed by atoms with Gasteiger partial charge in [0.1, 0.15) is 0 Å². The Morgan fingerprint density at radius 3 is 2.67 bits per heavy atom. The van der Waals surface area contributed by atoms with Crippen LogP contribution >= 0.6 is 0 Å². The van der Waals surface area contributed by atoms with Gasteiger partial charge in [0.05, 0.1) is 25.0 Å². The zero-order valence-electron chi connectivity index (χ0n) is 15.2. The molecule has 4 rings (SSSR count). The molecule has 3 atom stereocenters. The van der Waals surface area contributed by atoms with Crippen molar-refractivity contribution in [3.8, 4) is 0 Å². The second-order valence-electron chi connectivity index (χ2n) is 6.85. The molecule has 1 aromatic rings. The number of carbonyl (C=O) groups is 3. The molecule has 0 aromatic heterocycles. The van der Waals surface area contributed by atoms with Crippen molar-refractivity contribution >= 4 is 18.0 Å². The SMILES string of the molecule is COC(=O)N1C(=O)/C(=C/OC2OC(=O)C(C)=C2C)C2c3ccccc3CC21. The average molecular weight is 369 g/mol. The van der Waals surface area contributed by atoms with Crippen LogP contribution in [0.2, 0.25) is 0 Å².